The summed E-state index contributed by atoms with van der Waals surface area (Å²) in [5.41, 5.74) is 5.68. The van der Waals surface area contributed by atoms with Gasteiger partial charge in [0.2, 0.25) is 0 Å². The summed E-state index contributed by atoms with van der Waals surface area (Å²) in [5.74, 6) is -0.116. The first-order chi connectivity index (χ1) is 6.21. The normalized spacial score (nSPS) is 10.8. The maximum Gasteiger partial charge on any atom is 0.303 e. The van der Waals surface area contributed by atoms with Crippen LogP contribution in [0, 0.1) is 5.92 Å². The Morgan fingerprint density at radius 3 is 1.86 bits per heavy atom. The van der Waals surface area contributed by atoms with Gasteiger partial charge in [0.25, 0.3) is 0 Å². The lowest BCUT2D eigenvalue weighted by Crippen LogP contribution is -2.37. The van der Waals surface area contributed by atoms with E-state index in [0.29, 0.717) is 12.3 Å². The van der Waals surface area contributed by atoms with Crippen molar-refractivity contribution < 1.29 is 9.90 Å². The van der Waals surface area contributed by atoms with Crippen molar-refractivity contribution in [1.82, 2.24) is 0 Å². The van der Waals surface area contributed by atoms with E-state index in [0.717, 1.165) is 12.8 Å². The van der Waals surface area contributed by atoms with Crippen molar-refractivity contribution in [2.24, 2.45) is 11.7 Å². The monoisotopic (exact) mass is 203 g/mol. The molecule has 0 radical (unpaired) electrons. The smallest absolute Gasteiger partial charge is 0.303 e. The highest BCUT2D eigenvalue weighted by Gasteiger charge is 2.14. The highest BCUT2D eigenvalue weighted by atomic mass is 16.4. The molecule has 0 bridgehead atoms. The molecule has 0 fully saturated rings. The molecule has 0 aliphatic rings. The SMILES string of the molecule is CC(C)C(C)(C)N.CCCCC(=O)O. The number of aliphatic carboxylic acids is 1. The van der Waals surface area contributed by atoms with Gasteiger partial charge in [-0.05, 0) is 26.2 Å². The van der Waals surface area contributed by atoms with Gasteiger partial charge in [0.1, 0.15) is 0 Å². The van der Waals surface area contributed by atoms with Gasteiger partial charge in [0.15, 0.2) is 0 Å². The highest BCUT2D eigenvalue weighted by molar-refractivity contribution is 5.66. The van der Waals surface area contributed by atoms with Crippen molar-refractivity contribution in [3.63, 3.8) is 0 Å². The van der Waals surface area contributed by atoms with Crippen LogP contribution in [0.25, 0.3) is 0 Å². The number of carboxylic acids is 1. The fourth-order valence-electron chi connectivity index (χ4n) is 0.328. The summed E-state index contributed by atoms with van der Waals surface area (Å²) in [6, 6.07) is 0. The van der Waals surface area contributed by atoms with Crippen LogP contribution >= 0.6 is 0 Å². The van der Waals surface area contributed by atoms with E-state index in [9.17, 15) is 4.79 Å². The molecule has 0 aliphatic heterocycles. The first-order valence-corrected chi connectivity index (χ1v) is 5.22. The van der Waals surface area contributed by atoms with E-state index < -0.39 is 5.97 Å². The molecule has 0 aliphatic carbocycles. The predicted octanol–water partition coefficient (Wildman–Crippen LogP) is 2.64. The quantitative estimate of drug-likeness (QED) is 0.738. The van der Waals surface area contributed by atoms with Gasteiger partial charge in [-0.3, -0.25) is 4.79 Å². The Balaban J connectivity index is 0. The van der Waals surface area contributed by atoms with E-state index >= 15 is 0 Å². The zero-order valence-electron chi connectivity index (χ0n) is 10.1. The maximum atomic E-state index is 9.76. The molecule has 14 heavy (non-hydrogen) atoms. The third kappa shape index (κ3) is 14.0. The Hall–Kier alpha value is -0.570. The Labute approximate surface area is 87.7 Å². The van der Waals surface area contributed by atoms with Crippen LogP contribution in [-0.2, 0) is 4.79 Å². The van der Waals surface area contributed by atoms with Crippen LogP contribution in [0.2, 0.25) is 0 Å². The molecule has 0 saturated carbocycles. The van der Waals surface area contributed by atoms with Crippen LogP contribution < -0.4 is 5.73 Å². The van der Waals surface area contributed by atoms with Crippen LogP contribution in [0.4, 0.5) is 0 Å². The van der Waals surface area contributed by atoms with Gasteiger partial charge in [-0.25, -0.2) is 0 Å². The highest BCUT2D eigenvalue weighted by Crippen LogP contribution is 2.09. The van der Waals surface area contributed by atoms with Crippen molar-refractivity contribution in [3.8, 4) is 0 Å². The van der Waals surface area contributed by atoms with Crippen LogP contribution in [0.1, 0.15) is 53.9 Å². The van der Waals surface area contributed by atoms with Crippen LogP contribution in [0.5, 0.6) is 0 Å². The van der Waals surface area contributed by atoms with E-state index in [4.69, 9.17) is 10.8 Å². The minimum atomic E-state index is -0.693. The van der Waals surface area contributed by atoms with Gasteiger partial charge in [-0.2, -0.15) is 0 Å². The molecular weight excluding hydrogens is 178 g/mol. The second kappa shape index (κ2) is 7.80. The summed E-state index contributed by atoms with van der Waals surface area (Å²) in [5, 5.41) is 8.04. The van der Waals surface area contributed by atoms with Gasteiger partial charge in [0, 0.05) is 12.0 Å². The van der Waals surface area contributed by atoms with E-state index in [1.165, 1.54) is 0 Å². The number of nitrogens with two attached hydrogens (primary N) is 1. The second-order valence-corrected chi connectivity index (χ2v) is 4.47. The molecule has 0 rings (SSSR count). The number of hydrogen-bond donors (Lipinski definition) is 2. The van der Waals surface area contributed by atoms with Crippen LogP contribution in [0.15, 0.2) is 0 Å². The molecule has 0 amide bonds. The molecular formula is C11H25NO2. The van der Waals surface area contributed by atoms with Gasteiger partial charge in [-0.1, -0.05) is 27.2 Å². The van der Waals surface area contributed by atoms with Crippen LogP contribution in [-0.4, -0.2) is 16.6 Å². The number of unbranched alkanes of at least 4 members (excludes halogenated alkanes) is 1. The van der Waals surface area contributed by atoms with Crippen molar-refractivity contribution in [1.29, 1.82) is 0 Å². The zero-order chi connectivity index (χ0) is 11.8. The standard InChI is InChI=1S/C6H15N.C5H10O2/c1-5(2)6(3,4)7;1-2-3-4-5(6)7/h5H,7H2,1-4H3;2-4H2,1H3,(H,6,7). The summed E-state index contributed by atoms with van der Waals surface area (Å²) >= 11 is 0. The lowest BCUT2D eigenvalue weighted by Gasteiger charge is -2.22. The van der Waals surface area contributed by atoms with Crippen molar-refractivity contribution in [2.75, 3.05) is 0 Å². The van der Waals surface area contributed by atoms with E-state index in [1.807, 2.05) is 20.8 Å². The van der Waals surface area contributed by atoms with Gasteiger partial charge < -0.3 is 10.8 Å². The maximum absolute atomic E-state index is 9.76. The fourth-order valence-corrected chi connectivity index (χ4v) is 0.328. The molecule has 0 atom stereocenters. The van der Waals surface area contributed by atoms with Crippen molar-refractivity contribution in [3.05, 3.63) is 0 Å². The molecule has 0 aromatic rings. The minimum absolute atomic E-state index is 0. The summed E-state index contributed by atoms with van der Waals surface area (Å²) in [6.07, 6.45) is 2.08. The predicted molar refractivity (Wildman–Crippen MR) is 60.3 cm³/mol. The number of hydrogen-bond acceptors (Lipinski definition) is 2. The van der Waals surface area contributed by atoms with E-state index in [-0.39, 0.29) is 5.54 Å². The first kappa shape index (κ1) is 15.9. The van der Waals surface area contributed by atoms with Crippen molar-refractivity contribution >= 4 is 5.97 Å². The third-order valence-electron chi connectivity index (χ3n) is 2.23. The molecule has 86 valence electrons. The second-order valence-electron chi connectivity index (χ2n) is 4.47. The Kier molecular flexibility index (Phi) is 8.85. The summed E-state index contributed by atoms with van der Waals surface area (Å²) in [4.78, 5) is 9.76. The third-order valence-corrected chi connectivity index (χ3v) is 2.23. The molecule has 0 aromatic heterocycles. The molecule has 3 nitrogen and oxygen atoms in total. The van der Waals surface area contributed by atoms with E-state index in [1.54, 1.807) is 0 Å². The van der Waals surface area contributed by atoms with Gasteiger partial charge in [-0.15, -0.1) is 0 Å². The minimum Gasteiger partial charge on any atom is -0.481 e. The van der Waals surface area contributed by atoms with E-state index in [2.05, 4.69) is 13.8 Å². The number of carboxylic acid groups (broad SMARTS) is 1. The summed E-state index contributed by atoms with van der Waals surface area (Å²) < 4.78 is 0. The molecule has 0 heterocycles. The Morgan fingerprint density at radius 2 is 1.79 bits per heavy atom. The van der Waals surface area contributed by atoms with Gasteiger partial charge in [0.05, 0.1) is 0 Å². The molecule has 3 heteroatoms. The summed E-state index contributed by atoms with van der Waals surface area (Å²) in [6.45, 7) is 10.3. The molecule has 0 unspecified atom stereocenters. The molecule has 0 saturated heterocycles. The zero-order valence-corrected chi connectivity index (χ0v) is 10.1. The topological polar surface area (TPSA) is 63.3 Å². The molecule has 3 N–H and O–H groups in total. The summed E-state index contributed by atoms with van der Waals surface area (Å²) in [7, 11) is 0. The number of rotatable bonds is 4. The first-order valence-electron chi connectivity index (χ1n) is 5.22. The van der Waals surface area contributed by atoms with Crippen molar-refractivity contribution in [2.45, 2.75) is 59.4 Å². The number of carbonyl (C=O) groups is 1. The average molecular weight is 203 g/mol. The lowest BCUT2D eigenvalue weighted by atomic mass is 9.92. The lowest BCUT2D eigenvalue weighted by molar-refractivity contribution is -0.137. The Morgan fingerprint density at radius 1 is 1.43 bits per heavy atom. The fraction of sp³-hybridized carbons (Fsp3) is 0.909. The average Bonchev–Trinajstić information content (AvgIpc) is 2.00. The Bertz CT molecular complexity index is 148. The van der Waals surface area contributed by atoms with Gasteiger partial charge >= 0.3 is 5.97 Å². The molecule has 0 spiro atoms. The largest absolute Gasteiger partial charge is 0.481 e. The van der Waals surface area contributed by atoms with Crippen LogP contribution in [0.3, 0.4) is 0 Å². The molecule has 0 aromatic carbocycles.